The zero-order valence-corrected chi connectivity index (χ0v) is 10.6. The molecular formula is C14H21NO2. The first-order chi connectivity index (χ1) is 8.19. The smallest absolute Gasteiger partial charge is 0.226 e. The van der Waals surface area contributed by atoms with E-state index in [1.165, 1.54) is 0 Å². The third-order valence-corrected chi connectivity index (χ3v) is 2.92. The van der Waals surface area contributed by atoms with Crippen molar-refractivity contribution in [3.05, 3.63) is 35.4 Å². The molecule has 1 rings (SSSR count). The molecule has 3 heteroatoms. The number of carbonyl (C=O) groups is 1. The summed E-state index contributed by atoms with van der Waals surface area (Å²) in [5.41, 5.74) is 2.24. The van der Waals surface area contributed by atoms with Gasteiger partial charge in [-0.3, -0.25) is 4.79 Å². The van der Waals surface area contributed by atoms with Crippen molar-refractivity contribution in [1.82, 2.24) is 4.90 Å². The molecule has 0 radical (unpaired) electrons. The van der Waals surface area contributed by atoms with E-state index in [0.29, 0.717) is 25.9 Å². The Balaban J connectivity index is 2.61. The van der Waals surface area contributed by atoms with E-state index in [-0.39, 0.29) is 12.5 Å². The predicted molar refractivity (Wildman–Crippen MR) is 68.8 cm³/mol. The van der Waals surface area contributed by atoms with Crippen LogP contribution in [0, 0.1) is 6.92 Å². The van der Waals surface area contributed by atoms with Gasteiger partial charge < -0.3 is 10.0 Å². The molecule has 0 aliphatic heterocycles. The van der Waals surface area contributed by atoms with Crippen LogP contribution in [0.15, 0.2) is 24.3 Å². The largest absolute Gasteiger partial charge is 0.396 e. The summed E-state index contributed by atoms with van der Waals surface area (Å²) < 4.78 is 0. The van der Waals surface area contributed by atoms with E-state index in [1.54, 1.807) is 4.90 Å². The Morgan fingerprint density at radius 3 is 2.65 bits per heavy atom. The number of carbonyl (C=O) groups excluding carboxylic acids is 1. The summed E-state index contributed by atoms with van der Waals surface area (Å²) in [5, 5.41) is 8.79. The highest BCUT2D eigenvalue weighted by atomic mass is 16.3. The van der Waals surface area contributed by atoms with Crippen molar-refractivity contribution in [3.63, 3.8) is 0 Å². The Labute approximate surface area is 103 Å². The fourth-order valence-corrected chi connectivity index (χ4v) is 1.80. The standard InChI is InChI=1S/C14H21NO2/c1-3-15(9-6-10-16)14(17)11-13-8-5-4-7-12(13)2/h4-5,7-8,16H,3,6,9-11H2,1-2H3. The van der Waals surface area contributed by atoms with Crippen molar-refractivity contribution in [2.75, 3.05) is 19.7 Å². The van der Waals surface area contributed by atoms with E-state index in [9.17, 15) is 4.79 Å². The van der Waals surface area contributed by atoms with Crippen molar-refractivity contribution in [2.45, 2.75) is 26.7 Å². The second-order valence-electron chi connectivity index (χ2n) is 4.15. The van der Waals surface area contributed by atoms with Crippen molar-refractivity contribution in [2.24, 2.45) is 0 Å². The molecule has 1 aromatic carbocycles. The van der Waals surface area contributed by atoms with E-state index in [0.717, 1.165) is 11.1 Å². The lowest BCUT2D eigenvalue weighted by atomic mass is 10.1. The number of benzene rings is 1. The third kappa shape index (κ3) is 4.19. The average molecular weight is 235 g/mol. The SMILES string of the molecule is CCN(CCCO)C(=O)Cc1ccccc1C. The van der Waals surface area contributed by atoms with Gasteiger partial charge in [-0.15, -0.1) is 0 Å². The van der Waals surface area contributed by atoms with Gasteiger partial charge in [0, 0.05) is 19.7 Å². The Kier molecular flexibility index (Phi) is 5.70. The third-order valence-electron chi connectivity index (χ3n) is 2.92. The topological polar surface area (TPSA) is 40.5 Å². The molecule has 0 saturated heterocycles. The molecule has 94 valence electrons. The lowest BCUT2D eigenvalue weighted by molar-refractivity contribution is -0.130. The van der Waals surface area contributed by atoms with Gasteiger partial charge in [-0.05, 0) is 31.4 Å². The average Bonchev–Trinajstić information content (AvgIpc) is 2.33. The zero-order valence-electron chi connectivity index (χ0n) is 10.6. The molecule has 1 aromatic rings. The van der Waals surface area contributed by atoms with Crippen LogP contribution in [-0.2, 0) is 11.2 Å². The summed E-state index contributed by atoms with van der Waals surface area (Å²) in [7, 11) is 0. The maximum absolute atomic E-state index is 12.0. The zero-order chi connectivity index (χ0) is 12.7. The minimum absolute atomic E-state index is 0.133. The molecule has 1 N–H and O–H groups in total. The number of aryl methyl sites for hydroxylation is 1. The van der Waals surface area contributed by atoms with Crippen LogP contribution in [0.5, 0.6) is 0 Å². The monoisotopic (exact) mass is 235 g/mol. The molecule has 0 spiro atoms. The van der Waals surface area contributed by atoms with Crippen LogP contribution in [0.1, 0.15) is 24.5 Å². The quantitative estimate of drug-likeness (QED) is 0.816. The fourth-order valence-electron chi connectivity index (χ4n) is 1.80. The van der Waals surface area contributed by atoms with Crippen LogP contribution in [-0.4, -0.2) is 35.6 Å². The van der Waals surface area contributed by atoms with E-state index < -0.39 is 0 Å². The number of hydrogen-bond donors (Lipinski definition) is 1. The molecule has 17 heavy (non-hydrogen) atoms. The molecule has 0 aromatic heterocycles. The van der Waals surface area contributed by atoms with E-state index in [1.807, 2.05) is 38.1 Å². The summed E-state index contributed by atoms with van der Waals surface area (Å²) >= 11 is 0. The van der Waals surface area contributed by atoms with Gasteiger partial charge in [0.05, 0.1) is 6.42 Å². The van der Waals surface area contributed by atoms with Gasteiger partial charge in [0.1, 0.15) is 0 Å². The first kappa shape index (κ1) is 13.7. The highest BCUT2D eigenvalue weighted by Crippen LogP contribution is 2.09. The van der Waals surface area contributed by atoms with Gasteiger partial charge in [-0.2, -0.15) is 0 Å². The number of likely N-dealkylation sites (N-methyl/N-ethyl adjacent to an activating group) is 1. The highest BCUT2D eigenvalue weighted by molar-refractivity contribution is 5.79. The Morgan fingerprint density at radius 1 is 1.35 bits per heavy atom. The van der Waals surface area contributed by atoms with Gasteiger partial charge in [-0.1, -0.05) is 24.3 Å². The van der Waals surface area contributed by atoms with E-state index >= 15 is 0 Å². The molecular weight excluding hydrogens is 214 g/mol. The lowest BCUT2D eigenvalue weighted by Crippen LogP contribution is -2.33. The van der Waals surface area contributed by atoms with Crippen LogP contribution in [0.4, 0.5) is 0 Å². The summed E-state index contributed by atoms with van der Waals surface area (Å²) in [6, 6.07) is 7.95. The fraction of sp³-hybridized carbons (Fsp3) is 0.500. The summed E-state index contributed by atoms with van der Waals surface area (Å²) in [5.74, 6) is 0.134. The second-order valence-corrected chi connectivity index (χ2v) is 4.15. The highest BCUT2D eigenvalue weighted by Gasteiger charge is 2.12. The van der Waals surface area contributed by atoms with Gasteiger partial charge in [0.15, 0.2) is 0 Å². The summed E-state index contributed by atoms with van der Waals surface area (Å²) in [6.07, 6.45) is 1.10. The number of aliphatic hydroxyl groups is 1. The van der Waals surface area contributed by atoms with Crippen molar-refractivity contribution in [3.8, 4) is 0 Å². The molecule has 0 atom stereocenters. The molecule has 0 heterocycles. The first-order valence-corrected chi connectivity index (χ1v) is 6.12. The van der Waals surface area contributed by atoms with Gasteiger partial charge in [-0.25, -0.2) is 0 Å². The maximum atomic E-state index is 12.0. The van der Waals surface area contributed by atoms with Crippen LogP contribution in [0.3, 0.4) is 0 Å². The molecule has 1 amide bonds. The van der Waals surface area contributed by atoms with Gasteiger partial charge in [0.25, 0.3) is 0 Å². The van der Waals surface area contributed by atoms with Crippen LogP contribution >= 0.6 is 0 Å². The van der Waals surface area contributed by atoms with Crippen LogP contribution < -0.4 is 0 Å². The van der Waals surface area contributed by atoms with Gasteiger partial charge in [0.2, 0.25) is 5.91 Å². The maximum Gasteiger partial charge on any atom is 0.226 e. The molecule has 0 fully saturated rings. The second kappa shape index (κ2) is 7.07. The molecule has 0 unspecified atom stereocenters. The minimum atomic E-state index is 0.133. The number of hydrogen-bond acceptors (Lipinski definition) is 2. The van der Waals surface area contributed by atoms with Crippen molar-refractivity contribution in [1.29, 1.82) is 0 Å². The Morgan fingerprint density at radius 2 is 2.06 bits per heavy atom. The first-order valence-electron chi connectivity index (χ1n) is 6.12. The molecule has 0 aliphatic carbocycles. The van der Waals surface area contributed by atoms with Crippen LogP contribution in [0.25, 0.3) is 0 Å². The number of rotatable bonds is 6. The lowest BCUT2D eigenvalue weighted by Gasteiger charge is -2.20. The van der Waals surface area contributed by atoms with E-state index in [4.69, 9.17) is 5.11 Å². The summed E-state index contributed by atoms with van der Waals surface area (Å²) in [4.78, 5) is 13.8. The van der Waals surface area contributed by atoms with Crippen LogP contribution in [0.2, 0.25) is 0 Å². The molecule has 3 nitrogen and oxygen atoms in total. The number of aliphatic hydroxyl groups excluding tert-OH is 1. The molecule has 0 bridgehead atoms. The number of amides is 1. The number of nitrogens with zero attached hydrogens (tertiary/aromatic N) is 1. The van der Waals surface area contributed by atoms with E-state index in [2.05, 4.69) is 0 Å². The molecule has 0 saturated carbocycles. The minimum Gasteiger partial charge on any atom is -0.396 e. The predicted octanol–water partition coefficient (Wildman–Crippen LogP) is 1.77. The van der Waals surface area contributed by atoms with Crippen molar-refractivity contribution >= 4 is 5.91 Å². The Bertz CT molecular complexity index is 363. The Hall–Kier alpha value is -1.35. The van der Waals surface area contributed by atoms with Gasteiger partial charge >= 0.3 is 0 Å². The normalized spacial score (nSPS) is 10.3. The summed E-state index contributed by atoms with van der Waals surface area (Å²) in [6.45, 7) is 5.45. The van der Waals surface area contributed by atoms with Crippen molar-refractivity contribution < 1.29 is 9.90 Å². The molecule has 0 aliphatic rings.